The molecule has 0 bridgehead atoms. The molecule has 7 atom stereocenters. The second-order valence-electron chi connectivity index (χ2n) is 11.7. The summed E-state index contributed by atoms with van der Waals surface area (Å²) in [5.74, 6) is -4.23. The number of carbonyl (C=O) groups excluding carboxylic acids is 2. The number of carbonyl (C=O) groups is 4. The van der Waals surface area contributed by atoms with Crippen LogP contribution in [0.2, 0.25) is 0 Å². The molecule has 0 aromatic rings. The van der Waals surface area contributed by atoms with E-state index in [-0.39, 0.29) is 13.0 Å². The van der Waals surface area contributed by atoms with Crippen molar-refractivity contribution >= 4 is 23.8 Å². The largest absolute Gasteiger partial charge is 0.481 e. The summed E-state index contributed by atoms with van der Waals surface area (Å²) in [6.07, 6.45) is 2.13. The zero-order chi connectivity index (χ0) is 29.3. The number of aliphatic hydroxyl groups is 3. The van der Waals surface area contributed by atoms with Crippen molar-refractivity contribution in [3.05, 3.63) is 35.5 Å². The average molecular weight is 550 g/mol. The number of fused-ring (bicyclic) bond motifs is 2. The van der Waals surface area contributed by atoms with Gasteiger partial charge >= 0.3 is 17.9 Å². The summed E-state index contributed by atoms with van der Waals surface area (Å²) in [6, 6.07) is -1.38. The molecule has 0 radical (unpaired) electrons. The average Bonchev–Trinajstić information content (AvgIpc) is 3.17. The summed E-state index contributed by atoms with van der Waals surface area (Å²) in [4.78, 5) is 50.8. The zero-order valence-corrected chi connectivity index (χ0v) is 22.7. The predicted molar refractivity (Wildman–Crippen MR) is 138 cm³/mol. The Hall–Kier alpha value is -3.02. The lowest BCUT2D eigenvalue weighted by molar-refractivity contribution is -0.170. The van der Waals surface area contributed by atoms with E-state index in [0.717, 1.165) is 23.8 Å². The van der Waals surface area contributed by atoms with E-state index in [1.807, 2.05) is 20.8 Å². The minimum absolute atomic E-state index is 0.196. The Kier molecular flexibility index (Phi) is 9.09. The number of nitrogens with zero attached hydrogens (tertiary/aromatic N) is 1. The van der Waals surface area contributed by atoms with Crippen molar-refractivity contribution in [2.75, 3.05) is 6.54 Å². The standard InChI is InChI=1S/C28H39NO10/c1-15(30)18(31)8-5-6-9-20(34)39-23-22(35)16-14-29(17(26(37)38)10-11-19(32)33)25(36)21(16)28(4)13-7-12-27(2,3)24(23)28/h5-6,8-9,15,17-18,22-24,30-31,35H,7,10-14H2,1-4H3,(H,32,33)(H,37,38)/b8-5+,9-6+. The van der Waals surface area contributed by atoms with Crippen molar-refractivity contribution in [3.8, 4) is 0 Å². The number of ether oxygens (including phenoxy) is 1. The third-order valence-electron chi connectivity index (χ3n) is 8.44. The number of esters is 1. The molecule has 3 aliphatic rings. The highest BCUT2D eigenvalue weighted by Crippen LogP contribution is 2.61. The Morgan fingerprint density at radius 3 is 2.38 bits per heavy atom. The van der Waals surface area contributed by atoms with E-state index in [4.69, 9.17) is 9.84 Å². The van der Waals surface area contributed by atoms with E-state index < -0.39 is 77.4 Å². The monoisotopic (exact) mass is 549 g/mol. The first-order valence-corrected chi connectivity index (χ1v) is 13.2. The molecule has 216 valence electrons. The van der Waals surface area contributed by atoms with Gasteiger partial charge in [-0.2, -0.15) is 0 Å². The molecule has 11 nitrogen and oxygen atoms in total. The lowest BCUT2D eigenvalue weighted by atomic mass is 9.49. The first-order chi connectivity index (χ1) is 18.1. The first kappa shape index (κ1) is 30.5. The smallest absolute Gasteiger partial charge is 0.331 e. The molecule has 1 amide bonds. The summed E-state index contributed by atoms with van der Waals surface area (Å²) < 4.78 is 5.81. The summed E-state index contributed by atoms with van der Waals surface area (Å²) in [6.45, 7) is 7.11. The summed E-state index contributed by atoms with van der Waals surface area (Å²) >= 11 is 0. The highest BCUT2D eigenvalue weighted by Gasteiger charge is 2.62. The molecule has 2 aliphatic carbocycles. The summed E-state index contributed by atoms with van der Waals surface area (Å²) in [7, 11) is 0. The van der Waals surface area contributed by atoms with Crippen molar-refractivity contribution in [3.63, 3.8) is 0 Å². The van der Waals surface area contributed by atoms with Crippen LogP contribution in [0.5, 0.6) is 0 Å². The fourth-order valence-electron chi connectivity index (χ4n) is 6.72. The van der Waals surface area contributed by atoms with E-state index in [2.05, 4.69) is 0 Å². The van der Waals surface area contributed by atoms with Gasteiger partial charge in [0.25, 0.3) is 5.91 Å². The topological polar surface area (TPSA) is 182 Å². The zero-order valence-electron chi connectivity index (χ0n) is 22.7. The summed E-state index contributed by atoms with van der Waals surface area (Å²) in [5, 5.41) is 49.4. The van der Waals surface area contributed by atoms with E-state index in [1.54, 1.807) is 0 Å². The maximum Gasteiger partial charge on any atom is 0.331 e. The molecular weight excluding hydrogens is 510 g/mol. The SMILES string of the molecule is CC(O)C(O)/C=C/C=C/C(=O)OC1C(O)C2=C(C(=O)N(C(CCC(=O)O)C(=O)O)C2)C2(C)CCCC(C)(C)C12. The molecule has 11 heteroatoms. The van der Waals surface area contributed by atoms with Gasteiger partial charge in [-0.05, 0) is 37.2 Å². The van der Waals surface area contributed by atoms with Crippen molar-refractivity contribution in [1.29, 1.82) is 0 Å². The Balaban J connectivity index is 1.94. The predicted octanol–water partition coefficient (Wildman–Crippen LogP) is 1.42. The Bertz CT molecular complexity index is 1090. The van der Waals surface area contributed by atoms with Crippen LogP contribution >= 0.6 is 0 Å². The normalized spacial score (nSPS) is 30.7. The van der Waals surface area contributed by atoms with Crippen molar-refractivity contribution in [2.45, 2.75) is 90.3 Å². The molecule has 7 unspecified atom stereocenters. The number of amides is 1. The van der Waals surface area contributed by atoms with Gasteiger partial charge in [0.1, 0.15) is 18.2 Å². The van der Waals surface area contributed by atoms with E-state index in [1.165, 1.54) is 25.2 Å². The fourth-order valence-corrected chi connectivity index (χ4v) is 6.72. The minimum Gasteiger partial charge on any atom is -0.481 e. The third-order valence-corrected chi connectivity index (χ3v) is 8.44. The number of aliphatic carboxylic acids is 2. The minimum atomic E-state index is -1.38. The molecule has 1 saturated carbocycles. The number of carboxylic acid groups (broad SMARTS) is 2. The van der Waals surface area contributed by atoms with Crippen LogP contribution in [0.3, 0.4) is 0 Å². The van der Waals surface area contributed by atoms with Crippen LogP contribution in [0.15, 0.2) is 35.5 Å². The molecular formula is C28H39NO10. The van der Waals surface area contributed by atoms with Crippen LogP contribution in [0.1, 0.15) is 59.8 Å². The molecule has 1 heterocycles. The van der Waals surface area contributed by atoms with E-state index >= 15 is 0 Å². The number of hydrogen-bond acceptors (Lipinski definition) is 8. The van der Waals surface area contributed by atoms with Gasteiger partial charge in [0.2, 0.25) is 0 Å². The fraction of sp³-hybridized carbons (Fsp3) is 0.643. The van der Waals surface area contributed by atoms with Crippen LogP contribution in [0.4, 0.5) is 0 Å². The third kappa shape index (κ3) is 6.10. The second kappa shape index (κ2) is 11.6. The van der Waals surface area contributed by atoms with Crippen LogP contribution in [-0.4, -0.2) is 91.3 Å². The van der Waals surface area contributed by atoms with Gasteiger partial charge in [-0.1, -0.05) is 45.4 Å². The quantitative estimate of drug-likeness (QED) is 0.152. The lowest BCUT2D eigenvalue weighted by Gasteiger charge is -2.57. The molecule has 5 N–H and O–H groups in total. The van der Waals surface area contributed by atoms with Crippen LogP contribution in [0, 0.1) is 16.7 Å². The van der Waals surface area contributed by atoms with Crippen molar-refractivity contribution in [2.24, 2.45) is 16.7 Å². The number of carboxylic acids is 2. The molecule has 0 spiro atoms. The van der Waals surface area contributed by atoms with Gasteiger partial charge in [0, 0.05) is 35.9 Å². The molecule has 0 aromatic heterocycles. The van der Waals surface area contributed by atoms with Gasteiger partial charge in [-0.25, -0.2) is 9.59 Å². The molecule has 0 aromatic carbocycles. The Morgan fingerprint density at radius 1 is 1.13 bits per heavy atom. The van der Waals surface area contributed by atoms with Crippen molar-refractivity contribution < 1.29 is 49.4 Å². The van der Waals surface area contributed by atoms with Gasteiger partial charge < -0.3 is 35.2 Å². The van der Waals surface area contributed by atoms with E-state index in [0.29, 0.717) is 17.6 Å². The Labute approximate surface area is 227 Å². The van der Waals surface area contributed by atoms with Crippen LogP contribution < -0.4 is 0 Å². The number of hydrogen-bond donors (Lipinski definition) is 5. The lowest BCUT2D eigenvalue weighted by Crippen LogP contribution is -2.58. The van der Waals surface area contributed by atoms with Crippen molar-refractivity contribution in [1.82, 2.24) is 4.90 Å². The number of rotatable bonds is 10. The second-order valence-corrected chi connectivity index (χ2v) is 11.7. The Morgan fingerprint density at radius 2 is 1.79 bits per heavy atom. The van der Waals surface area contributed by atoms with Gasteiger partial charge in [-0.3, -0.25) is 9.59 Å². The molecule has 3 rings (SSSR count). The van der Waals surface area contributed by atoms with Crippen LogP contribution in [-0.2, 0) is 23.9 Å². The maximum absolute atomic E-state index is 13.7. The molecule has 1 fully saturated rings. The van der Waals surface area contributed by atoms with Gasteiger partial charge in [0.05, 0.1) is 12.2 Å². The number of allylic oxidation sites excluding steroid dienone is 2. The van der Waals surface area contributed by atoms with Crippen LogP contribution in [0.25, 0.3) is 0 Å². The maximum atomic E-state index is 13.7. The molecule has 39 heavy (non-hydrogen) atoms. The summed E-state index contributed by atoms with van der Waals surface area (Å²) in [5.41, 5.74) is -0.605. The highest BCUT2D eigenvalue weighted by atomic mass is 16.6. The highest BCUT2D eigenvalue weighted by molar-refractivity contribution is 6.01. The number of aliphatic hydroxyl groups excluding tert-OH is 3. The first-order valence-electron chi connectivity index (χ1n) is 13.2. The van der Waals surface area contributed by atoms with Gasteiger partial charge in [0.15, 0.2) is 0 Å². The van der Waals surface area contributed by atoms with Gasteiger partial charge in [-0.15, -0.1) is 0 Å². The molecule has 0 saturated heterocycles. The molecule has 1 aliphatic heterocycles. The van der Waals surface area contributed by atoms with E-state index in [9.17, 15) is 39.6 Å².